The molecule has 0 spiro atoms. The second kappa shape index (κ2) is 5.75. The minimum atomic E-state index is 0.694. The van der Waals surface area contributed by atoms with E-state index in [0.29, 0.717) is 5.82 Å². The van der Waals surface area contributed by atoms with E-state index in [-0.39, 0.29) is 0 Å². The van der Waals surface area contributed by atoms with Gasteiger partial charge in [-0.25, -0.2) is 0 Å². The van der Waals surface area contributed by atoms with E-state index in [4.69, 9.17) is 0 Å². The van der Waals surface area contributed by atoms with Crippen molar-refractivity contribution in [3.05, 3.63) is 30.3 Å². The van der Waals surface area contributed by atoms with Gasteiger partial charge in [-0.3, -0.25) is 0 Å². The second-order valence-corrected chi connectivity index (χ2v) is 4.26. The number of tetrazole rings is 1. The Morgan fingerprint density at radius 3 is 2.69 bits per heavy atom. The summed E-state index contributed by atoms with van der Waals surface area (Å²) in [6.45, 7) is 0.825. The molecule has 0 saturated carbocycles. The molecular formula is C11H13BrN4. The standard InChI is InChI=1S/C11H13BrN4/c12-8-4-5-9-16-14-11(13-15-16)10-6-2-1-3-7-10/h1-3,6-7H,4-5,8-9H2. The topological polar surface area (TPSA) is 43.6 Å². The fraction of sp³-hybridized carbons (Fsp3) is 0.364. The minimum absolute atomic E-state index is 0.694. The van der Waals surface area contributed by atoms with Gasteiger partial charge in [0.15, 0.2) is 0 Å². The summed E-state index contributed by atoms with van der Waals surface area (Å²) in [7, 11) is 0. The number of hydrogen-bond donors (Lipinski definition) is 0. The lowest BCUT2D eigenvalue weighted by Crippen LogP contribution is -2.02. The number of halogens is 1. The fourth-order valence-corrected chi connectivity index (χ4v) is 1.78. The van der Waals surface area contributed by atoms with Gasteiger partial charge in [0.05, 0.1) is 6.54 Å². The van der Waals surface area contributed by atoms with Crippen molar-refractivity contribution in [2.24, 2.45) is 0 Å². The maximum atomic E-state index is 4.33. The summed E-state index contributed by atoms with van der Waals surface area (Å²) in [5.41, 5.74) is 1.01. The largest absolute Gasteiger partial charge is 0.204 e. The van der Waals surface area contributed by atoms with Gasteiger partial charge < -0.3 is 0 Å². The smallest absolute Gasteiger partial charge is 0.164 e. The molecule has 0 fully saturated rings. The van der Waals surface area contributed by atoms with E-state index in [2.05, 4.69) is 31.3 Å². The Labute approximate surface area is 103 Å². The van der Waals surface area contributed by atoms with E-state index in [1.807, 2.05) is 30.3 Å². The van der Waals surface area contributed by atoms with Crippen LogP contribution in [0.25, 0.3) is 11.4 Å². The zero-order chi connectivity index (χ0) is 11.2. The third-order valence-corrected chi connectivity index (χ3v) is 2.79. The molecule has 0 unspecified atom stereocenters. The zero-order valence-electron chi connectivity index (χ0n) is 8.88. The first-order chi connectivity index (χ1) is 7.90. The minimum Gasteiger partial charge on any atom is -0.164 e. The molecule has 0 amide bonds. The Bertz CT molecular complexity index is 427. The van der Waals surface area contributed by atoms with Crippen molar-refractivity contribution in [2.75, 3.05) is 5.33 Å². The quantitative estimate of drug-likeness (QED) is 0.624. The molecule has 1 aromatic carbocycles. The molecule has 0 radical (unpaired) electrons. The summed E-state index contributed by atoms with van der Waals surface area (Å²) in [6, 6.07) is 9.89. The summed E-state index contributed by atoms with van der Waals surface area (Å²) >= 11 is 3.40. The number of hydrogen-bond acceptors (Lipinski definition) is 3. The van der Waals surface area contributed by atoms with Gasteiger partial charge in [-0.15, -0.1) is 10.2 Å². The summed E-state index contributed by atoms with van der Waals surface area (Å²) in [5.74, 6) is 0.694. The SMILES string of the molecule is BrCCCCn1nnc(-c2ccccc2)n1. The van der Waals surface area contributed by atoms with E-state index in [1.54, 1.807) is 4.80 Å². The number of aryl methyl sites for hydroxylation is 1. The lowest BCUT2D eigenvalue weighted by molar-refractivity contribution is 0.498. The molecule has 16 heavy (non-hydrogen) atoms. The maximum absolute atomic E-state index is 4.33. The van der Waals surface area contributed by atoms with Crippen LogP contribution in [0.15, 0.2) is 30.3 Å². The van der Waals surface area contributed by atoms with Crippen LogP contribution in [0, 0.1) is 0 Å². The van der Waals surface area contributed by atoms with Crippen LogP contribution in [-0.2, 0) is 6.54 Å². The van der Waals surface area contributed by atoms with Gasteiger partial charge in [-0.05, 0) is 18.1 Å². The Morgan fingerprint density at radius 2 is 1.94 bits per heavy atom. The normalized spacial score (nSPS) is 10.6. The third-order valence-electron chi connectivity index (χ3n) is 2.23. The highest BCUT2D eigenvalue weighted by atomic mass is 79.9. The number of unbranched alkanes of at least 4 members (excludes halogenated alkanes) is 1. The molecule has 0 bridgehead atoms. The van der Waals surface area contributed by atoms with Crippen LogP contribution in [0.1, 0.15) is 12.8 Å². The first kappa shape index (κ1) is 11.3. The van der Waals surface area contributed by atoms with Crippen molar-refractivity contribution < 1.29 is 0 Å². The zero-order valence-corrected chi connectivity index (χ0v) is 10.5. The Morgan fingerprint density at radius 1 is 1.12 bits per heavy atom. The van der Waals surface area contributed by atoms with Gasteiger partial charge in [-0.1, -0.05) is 46.3 Å². The fourth-order valence-electron chi connectivity index (χ4n) is 1.39. The molecule has 2 aromatic rings. The lowest BCUT2D eigenvalue weighted by atomic mass is 10.2. The van der Waals surface area contributed by atoms with Gasteiger partial charge in [-0.2, -0.15) is 4.80 Å². The lowest BCUT2D eigenvalue weighted by Gasteiger charge is -1.95. The summed E-state index contributed by atoms with van der Waals surface area (Å²) in [6.07, 6.45) is 2.19. The van der Waals surface area contributed by atoms with E-state index < -0.39 is 0 Å². The molecule has 1 heterocycles. The molecule has 0 aliphatic heterocycles. The monoisotopic (exact) mass is 280 g/mol. The van der Waals surface area contributed by atoms with Crippen LogP contribution < -0.4 is 0 Å². The third kappa shape index (κ3) is 2.88. The van der Waals surface area contributed by atoms with Gasteiger partial charge in [0.2, 0.25) is 5.82 Å². The van der Waals surface area contributed by atoms with Crippen molar-refractivity contribution in [3.63, 3.8) is 0 Å². The van der Waals surface area contributed by atoms with Crippen LogP contribution in [0.5, 0.6) is 0 Å². The Kier molecular flexibility index (Phi) is 4.04. The average Bonchev–Trinajstić information content (AvgIpc) is 2.79. The van der Waals surface area contributed by atoms with Gasteiger partial charge in [0.1, 0.15) is 0 Å². The van der Waals surface area contributed by atoms with Crippen LogP contribution in [0.4, 0.5) is 0 Å². The second-order valence-electron chi connectivity index (χ2n) is 3.47. The van der Waals surface area contributed by atoms with Crippen molar-refractivity contribution in [1.29, 1.82) is 0 Å². The molecule has 0 aliphatic rings. The average molecular weight is 281 g/mol. The van der Waals surface area contributed by atoms with Gasteiger partial charge in [0.25, 0.3) is 0 Å². The Balaban J connectivity index is 2.02. The van der Waals surface area contributed by atoms with Crippen molar-refractivity contribution in [3.8, 4) is 11.4 Å². The summed E-state index contributed by atoms with van der Waals surface area (Å²) < 4.78 is 0. The van der Waals surface area contributed by atoms with Crippen LogP contribution >= 0.6 is 15.9 Å². The van der Waals surface area contributed by atoms with Crippen LogP contribution in [-0.4, -0.2) is 25.5 Å². The predicted octanol–water partition coefficient (Wildman–Crippen LogP) is 2.52. The molecule has 0 atom stereocenters. The first-order valence-electron chi connectivity index (χ1n) is 5.29. The number of benzene rings is 1. The highest BCUT2D eigenvalue weighted by molar-refractivity contribution is 9.09. The van der Waals surface area contributed by atoms with E-state index in [1.165, 1.54) is 0 Å². The van der Waals surface area contributed by atoms with Crippen molar-refractivity contribution in [2.45, 2.75) is 19.4 Å². The molecule has 1 aromatic heterocycles. The molecule has 84 valence electrons. The molecule has 0 saturated heterocycles. The predicted molar refractivity (Wildman–Crippen MR) is 66.3 cm³/mol. The first-order valence-corrected chi connectivity index (χ1v) is 6.41. The molecule has 2 rings (SSSR count). The van der Waals surface area contributed by atoms with Crippen molar-refractivity contribution >= 4 is 15.9 Å². The number of alkyl halides is 1. The summed E-state index contributed by atoms with van der Waals surface area (Å²) in [5, 5.41) is 13.4. The van der Waals surface area contributed by atoms with Crippen LogP contribution in [0.3, 0.4) is 0 Å². The molecule has 4 nitrogen and oxygen atoms in total. The Hall–Kier alpha value is -1.23. The van der Waals surface area contributed by atoms with Gasteiger partial charge in [0, 0.05) is 10.9 Å². The molecule has 5 heteroatoms. The van der Waals surface area contributed by atoms with Crippen molar-refractivity contribution in [1.82, 2.24) is 20.2 Å². The number of rotatable bonds is 5. The highest BCUT2D eigenvalue weighted by Crippen LogP contribution is 2.11. The molecule has 0 N–H and O–H groups in total. The summed E-state index contributed by atoms with van der Waals surface area (Å²) in [4.78, 5) is 1.66. The molecular weight excluding hydrogens is 268 g/mol. The number of aromatic nitrogens is 4. The van der Waals surface area contributed by atoms with E-state index in [9.17, 15) is 0 Å². The highest BCUT2D eigenvalue weighted by Gasteiger charge is 2.04. The molecule has 0 aliphatic carbocycles. The van der Waals surface area contributed by atoms with Crippen LogP contribution in [0.2, 0.25) is 0 Å². The van der Waals surface area contributed by atoms with E-state index in [0.717, 1.165) is 30.3 Å². The van der Waals surface area contributed by atoms with Gasteiger partial charge >= 0.3 is 0 Å². The number of nitrogens with zero attached hydrogens (tertiary/aromatic N) is 4. The maximum Gasteiger partial charge on any atom is 0.204 e. The van der Waals surface area contributed by atoms with E-state index >= 15 is 0 Å².